The zero-order valence-corrected chi connectivity index (χ0v) is 17.7. The van der Waals surface area contributed by atoms with Crippen LogP contribution in [0, 0.1) is 13.8 Å². The minimum Gasteiger partial charge on any atom is -0.287 e. The molecule has 0 unspecified atom stereocenters. The Morgan fingerprint density at radius 2 is 0.880 bits per heavy atom. The average molecular weight is 396 g/mol. The normalized spacial score (nSPS) is 11.8. The lowest BCUT2D eigenvalue weighted by molar-refractivity contribution is 0.119. The summed E-state index contributed by atoms with van der Waals surface area (Å²) >= 11 is 0. The monoisotopic (exact) mass is 396 g/mol. The van der Waals surface area contributed by atoms with E-state index in [0.29, 0.717) is 0 Å². The summed E-state index contributed by atoms with van der Waals surface area (Å²) in [6.07, 6.45) is 0. The number of rotatable bonds is 10. The first-order valence-corrected chi connectivity index (χ1v) is 11.2. The maximum atomic E-state index is 12.0. The fourth-order valence-electron chi connectivity index (χ4n) is 1.56. The topological polar surface area (TPSA) is 80.3 Å². The van der Waals surface area contributed by atoms with Crippen LogP contribution in [0.15, 0.2) is 24.3 Å². The molecular weight excluding hydrogens is 366 g/mol. The van der Waals surface area contributed by atoms with Crippen LogP contribution in [0.2, 0.25) is 0 Å². The molecule has 0 N–H and O–H groups in total. The molecule has 0 aromatic heterocycles. The molecule has 25 heavy (non-hydrogen) atoms. The summed E-state index contributed by atoms with van der Waals surface area (Å²) in [5.74, 6) is 0. The number of aryl methyl sites for hydroxylation is 2. The summed E-state index contributed by atoms with van der Waals surface area (Å²) in [4.78, 5) is 0. The summed E-state index contributed by atoms with van der Waals surface area (Å²) in [6.45, 7) is 11.0. The van der Waals surface area contributed by atoms with Gasteiger partial charge in [0.15, 0.2) is 0 Å². The van der Waals surface area contributed by atoms with Gasteiger partial charge in [-0.3, -0.25) is 18.1 Å². The van der Waals surface area contributed by atoms with Crippen molar-refractivity contribution in [3.8, 4) is 0 Å². The van der Waals surface area contributed by atoms with Crippen molar-refractivity contribution < 1.29 is 31.5 Å². The molecule has 0 amide bonds. The molecule has 0 spiro atoms. The van der Waals surface area contributed by atoms with Crippen molar-refractivity contribution in [2.24, 2.45) is 0 Å². The molecule has 0 aliphatic rings. The third-order valence-electron chi connectivity index (χ3n) is 2.57. The molecule has 0 fully saturated rings. The SMILES string of the molecule is CCOP(=O)(OCC)OP(=O)(OCC)OCC.Cc1ccc(C)cc1. The number of benzene rings is 1. The first-order chi connectivity index (χ1) is 11.7. The van der Waals surface area contributed by atoms with Gasteiger partial charge in [0.1, 0.15) is 0 Å². The molecule has 1 rings (SSSR count). The molecule has 0 bridgehead atoms. The molecule has 0 atom stereocenters. The van der Waals surface area contributed by atoms with E-state index in [2.05, 4.69) is 38.1 Å². The van der Waals surface area contributed by atoms with Gasteiger partial charge in [0.25, 0.3) is 0 Å². The van der Waals surface area contributed by atoms with Gasteiger partial charge >= 0.3 is 15.6 Å². The lowest BCUT2D eigenvalue weighted by Crippen LogP contribution is -2.03. The van der Waals surface area contributed by atoms with Crippen molar-refractivity contribution >= 4 is 15.6 Å². The summed E-state index contributed by atoms with van der Waals surface area (Å²) < 4.78 is 48.1. The quantitative estimate of drug-likeness (QED) is 0.472. The zero-order chi connectivity index (χ0) is 19.3. The highest BCUT2D eigenvalue weighted by molar-refractivity contribution is 7.62. The van der Waals surface area contributed by atoms with E-state index in [1.807, 2.05) is 0 Å². The number of hydrogen-bond acceptors (Lipinski definition) is 7. The van der Waals surface area contributed by atoms with Crippen molar-refractivity contribution in [3.05, 3.63) is 35.4 Å². The first-order valence-electron chi connectivity index (χ1n) is 8.27. The number of hydrogen-bond donors (Lipinski definition) is 0. The highest BCUT2D eigenvalue weighted by Gasteiger charge is 2.39. The minimum absolute atomic E-state index is 0.0928. The molecule has 0 radical (unpaired) electrons. The van der Waals surface area contributed by atoms with Crippen LogP contribution in [0.5, 0.6) is 0 Å². The molecule has 1 aromatic rings. The predicted octanol–water partition coefficient (Wildman–Crippen LogP) is 5.67. The van der Waals surface area contributed by atoms with Crippen molar-refractivity contribution in [1.29, 1.82) is 0 Å². The molecule has 0 aliphatic heterocycles. The second-order valence-corrected chi connectivity index (χ2v) is 8.28. The standard InChI is InChI=1S/C8H20O7P2.C8H10/c1-5-11-16(9,12-6-2)15-17(10,13-7-3)14-8-4;1-7-3-5-8(2)6-4-7/h5-8H2,1-4H3;3-6H,1-2H3. The third kappa shape index (κ3) is 10.9. The van der Waals surface area contributed by atoms with E-state index < -0.39 is 15.6 Å². The van der Waals surface area contributed by atoms with Crippen molar-refractivity contribution in [3.63, 3.8) is 0 Å². The van der Waals surface area contributed by atoms with E-state index >= 15 is 0 Å². The van der Waals surface area contributed by atoms with E-state index in [0.717, 1.165) is 0 Å². The fourth-order valence-corrected chi connectivity index (χ4v) is 4.71. The Balaban J connectivity index is 0.000000593. The predicted molar refractivity (Wildman–Crippen MR) is 98.7 cm³/mol. The molecule has 9 heteroatoms. The molecule has 146 valence electrons. The van der Waals surface area contributed by atoms with Gasteiger partial charge in [0, 0.05) is 0 Å². The van der Waals surface area contributed by atoms with Gasteiger partial charge in [0.2, 0.25) is 0 Å². The summed E-state index contributed by atoms with van der Waals surface area (Å²) in [5, 5.41) is 0. The Morgan fingerprint density at radius 3 is 1.08 bits per heavy atom. The van der Waals surface area contributed by atoms with Gasteiger partial charge in [-0.05, 0) is 41.5 Å². The Hall–Kier alpha value is -0.520. The maximum Gasteiger partial charge on any atom is 0.483 e. The van der Waals surface area contributed by atoms with Gasteiger partial charge < -0.3 is 0 Å². The molecule has 0 aliphatic carbocycles. The van der Waals surface area contributed by atoms with Crippen LogP contribution >= 0.6 is 15.6 Å². The van der Waals surface area contributed by atoms with Gasteiger partial charge in [-0.1, -0.05) is 35.4 Å². The van der Waals surface area contributed by atoms with E-state index in [4.69, 9.17) is 22.4 Å². The molecule has 7 nitrogen and oxygen atoms in total. The van der Waals surface area contributed by atoms with E-state index in [1.165, 1.54) is 11.1 Å². The second-order valence-electron chi connectivity index (χ2n) is 4.80. The van der Waals surface area contributed by atoms with Crippen LogP contribution in [-0.2, 0) is 31.5 Å². The van der Waals surface area contributed by atoms with Crippen LogP contribution in [0.1, 0.15) is 38.8 Å². The van der Waals surface area contributed by atoms with Crippen LogP contribution in [0.3, 0.4) is 0 Å². The largest absolute Gasteiger partial charge is 0.483 e. The number of phosphoric ester groups is 2. The van der Waals surface area contributed by atoms with Crippen molar-refractivity contribution in [2.75, 3.05) is 26.4 Å². The van der Waals surface area contributed by atoms with Gasteiger partial charge in [-0.15, -0.1) is 0 Å². The van der Waals surface area contributed by atoms with E-state index in [-0.39, 0.29) is 26.4 Å². The van der Waals surface area contributed by atoms with Crippen LogP contribution in [-0.4, -0.2) is 26.4 Å². The van der Waals surface area contributed by atoms with Gasteiger partial charge in [-0.2, -0.15) is 4.31 Å². The lowest BCUT2D eigenvalue weighted by atomic mass is 10.2. The molecule has 0 saturated carbocycles. The third-order valence-corrected chi connectivity index (χ3v) is 6.46. The lowest BCUT2D eigenvalue weighted by Gasteiger charge is -2.21. The van der Waals surface area contributed by atoms with E-state index in [1.54, 1.807) is 27.7 Å². The molecule has 0 heterocycles. The zero-order valence-electron chi connectivity index (χ0n) is 15.9. The Labute approximate surface area is 151 Å². The highest BCUT2D eigenvalue weighted by Crippen LogP contribution is 2.65. The van der Waals surface area contributed by atoms with Crippen LogP contribution < -0.4 is 0 Å². The average Bonchev–Trinajstić information content (AvgIpc) is 2.51. The minimum atomic E-state index is -3.91. The molecule has 1 aromatic carbocycles. The van der Waals surface area contributed by atoms with Gasteiger partial charge in [0.05, 0.1) is 26.4 Å². The molecule has 0 saturated heterocycles. The smallest absolute Gasteiger partial charge is 0.287 e. The number of phosphoric acid groups is 2. The Bertz CT molecular complexity index is 491. The summed E-state index contributed by atoms with van der Waals surface area (Å²) in [6, 6.07) is 8.48. The second kappa shape index (κ2) is 12.8. The first kappa shape index (κ1) is 24.5. The highest BCUT2D eigenvalue weighted by atomic mass is 31.3. The van der Waals surface area contributed by atoms with Crippen molar-refractivity contribution in [1.82, 2.24) is 0 Å². The molecular formula is C16H30O7P2. The fraction of sp³-hybridized carbons (Fsp3) is 0.625. The maximum absolute atomic E-state index is 12.0. The Kier molecular flexibility index (Phi) is 12.5. The van der Waals surface area contributed by atoms with E-state index in [9.17, 15) is 9.13 Å². The van der Waals surface area contributed by atoms with Crippen LogP contribution in [0.4, 0.5) is 0 Å². The summed E-state index contributed by atoms with van der Waals surface area (Å²) in [5.41, 5.74) is 2.66. The summed E-state index contributed by atoms with van der Waals surface area (Å²) in [7, 11) is -7.83. The van der Waals surface area contributed by atoms with Crippen molar-refractivity contribution in [2.45, 2.75) is 41.5 Å². The van der Waals surface area contributed by atoms with Gasteiger partial charge in [-0.25, -0.2) is 9.13 Å². The Morgan fingerprint density at radius 1 is 0.640 bits per heavy atom. The van der Waals surface area contributed by atoms with Crippen LogP contribution in [0.25, 0.3) is 0 Å².